The second kappa shape index (κ2) is 5.90. The Balaban J connectivity index is 2.36. The molecule has 0 unspecified atom stereocenters. The molecule has 4 nitrogen and oxygen atoms in total. The minimum Gasteiger partial charge on any atom is -0.340 e. The quantitative estimate of drug-likeness (QED) is 0.566. The van der Waals surface area contributed by atoms with Gasteiger partial charge in [-0.2, -0.15) is 13.2 Å². The highest BCUT2D eigenvalue weighted by molar-refractivity contribution is 9.10. The maximum Gasteiger partial charge on any atom is 0.416 e. The lowest BCUT2D eigenvalue weighted by molar-refractivity contribution is -0.137. The number of nitrogens with zero attached hydrogens (tertiary/aromatic N) is 1. The highest BCUT2D eigenvalue weighted by Gasteiger charge is 2.31. The number of anilines is 3. The maximum absolute atomic E-state index is 12.8. The second-order valence-electron chi connectivity index (χ2n) is 4.36. The predicted octanol–water partition coefficient (Wildman–Crippen LogP) is 4.20. The van der Waals surface area contributed by atoms with E-state index in [4.69, 9.17) is 5.84 Å². The summed E-state index contributed by atoms with van der Waals surface area (Å²) in [6.45, 7) is 1.88. The van der Waals surface area contributed by atoms with Crippen LogP contribution in [-0.4, -0.2) is 4.98 Å². The molecule has 0 saturated carbocycles. The van der Waals surface area contributed by atoms with Crippen LogP contribution < -0.4 is 16.6 Å². The summed E-state index contributed by atoms with van der Waals surface area (Å²) in [5.41, 5.74) is 2.87. The highest BCUT2D eigenvalue weighted by atomic mass is 79.9. The van der Waals surface area contributed by atoms with Gasteiger partial charge in [0.2, 0.25) is 0 Å². The first kappa shape index (κ1) is 15.6. The van der Waals surface area contributed by atoms with Crippen molar-refractivity contribution in [2.24, 2.45) is 5.84 Å². The van der Waals surface area contributed by atoms with Gasteiger partial charge in [-0.1, -0.05) is 15.9 Å². The summed E-state index contributed by atoms with van der Waals surface area (Å²) in [5, 5.41) is 2.83. The smallest absolute Gasteiger partial charge is 0.340 e. The number of halogens is 4. The third kappa shape index (κ3) is 3.85. The van der Waals surface area contributed by atoms with Crippen LogP contribution in [0.25, 0.3) is 0 Å². The lowest BCUT2D eigenvalue weighted by atomic mass is 10.2. The van der Waals surface area contributed by atoms with Crippen molar-refractivity contribution in [3.63, 3.8) is 0 Å². The van der Waals surface area contributed by atoms with Crippen molar-refractivity contribution in [3.8, 4) is 0 Å². The van der Waals surface area contributed by atoms with Crippen LogP contribution in [0.3, 0.4) is 0 Å². The summed E-state index contributed by atoms with van der Waals surface area (Å²) in [6.07, 6.45) is -4.47. The molecule has 112 valence electrons. The number of hydrazine groups is 1. The molecule has 1 heterocycles. The summed E-state index contributed by atoms with van der Waals surface area (Å²) < 4.78 is 39.3. The summed E-state index contributed by atoms with van der Waals surface area (Å²) in [4.78, 5) is 3.95. The Morgan fingerprint density at radius 3 is 2.38 bits per heavy atom. The van der Waals surface area contributed by atoms with E-state index in [1.807, 2.05) is 6.92 Å². The molecule has 0 spiro atoms. The summed E-state index contributed by atoms with van der Waals surface area (Å²) in [7, 11) is 0. The number of nitrogens with one attached hydrogen (secondary N) is 2. The third-order valence-electron chi connectivity index (χ3n) is 2.73. The van der Waals surface area contributed by atoms with E-state index in [2.05, 4.69) is 31.7 Å². The van der Waals surface area contributed by atoms with E-state index in [0.717, 1.165) is 22.2 Å². The number of hydrogen-bond donors (Lipinski definition) is 3. The molecule has 0 bridgehead atoms. The normalized spacial score (nSPS) is 11.3. The molecule has 1 aromatic heterocycles. The van der Waals surface area contributed by atoms with E-state index in [1.54, 1.807) is 18.2 Å². The fourth-order valence-corrected chi connectivity index (χ4v) is 1.95. The van der Waals surface area contributed by atoms with Gasteiger partial charge in [0.15, 0.2) is 0 Å². The number of pyridine rings is 1. The number of nitrogen functional groups attached to an aromatic ring is 1. The van der Waals surface area contributed by atoms with Gasteiger partial charge < -0.3 is 10.7 Å². The number of aryl methyl sites for hydroxylation is 1. The van der Waals surface area contributed by atoms with E-state index in [-0.39, 0.29) is 11.6 Å². The monoisotopic (exact) mass is 360 g/mol. The fraction of sp³-hybridized carbons (Fsp3) is 0.154. The van der Waals surface area contributed by atoms with Gasteiger partial charge in [-0.05, 0) is 42.8 Å². The Bertz CT molecular complexity index is 658. The minimum atomic E-state index is -4.47. The number of aromatic nitrogens is 1. The SMILES string of the molecule is Cc1cc(Nc2cc(C(F)(F)F)cc(NN)n2)ccc1Br. The average molecular weight is 361 g/mol. The van der Waals surface area contributed by atoms with Crippen molar-refractivity contribution >= 4 is 33.3 Å². The molecule has 2 aromatic rings. The Kier molecular flexibility index (Phi) is 4.38. The van der Waals surface area contributed by atoms with Crippen molar-refractivity contribution in [2.45, 2.75) is 13.1 Å². The minimum absolute atomic E-state index is 0.0551. The van der Waals surface area contributed by atoms with Crippen LogP contribution in [0.4, 0.5) is 30.5 Å². The van der Waals surface area contributed by atoms with Crippen LogP contribution >= 0.6 is 15.9 Å². The Hall–Kier alpha value is -1.80. The van der Waals surface area contributed by atoms with Gasteiger partial charge in [-0.3, -0.25) is 0 Å². The number of benzene rings is 1. The topological polar surface area (TPSA) is 63.0 Å². The Morgan fingerprint density at radius 1 is 1.14 bits per heavy atom. The lowest BCUT2D eigenvalue weighted by Crippen LogP contribution is -2.13. The molecular formula is C13H12BrF3N4. The number of nitrogens with two attached hydrogens (primary N) is 1. The van der Waals surface area contributed by atoms with Crippen LogP contribution in [0.15, 0.2) is 34.8 Å². The first-order valence-electron chi connectivity index (χ1n) is 5.88. The first-order chi connectivity index (χ1) is 9.79. The fourth-order valence-electron chi connectivity index (χ4n) is 1.70. The first-order valence-corrected chi connectivity index (χ1v) is 6.68. The molecule has 0 saturated heterocycles. The molecular weight excluding hydrogens is 349 g/mol. The summed E-state index contributed by atoms with van der Waals surface area (Å²) in [5.74, 6) is 5.14. The zero-order chi connectivity index (χ0) is 15.6. The van der Waals surface area contributed by atoms with E-state index >= 15 is 0 Å². The van der Waals surface area contributed by atoms with Crippen molar-refractivity contribution in [1.29, 1.82) is 0 Å². The largest absolute Gasteiger partial charge is 0.416 e. The number of rotatable bonds is 3. The predicted molar refractivity (Wildman–Crippen MR) is 79.2 cm³/mol. The van der Waals surface area contributed by atoms with Crippen molar-refractivity contribution in [2.75, 3.05) is 10.7 Å². The van der Waals surface area contributed by atoms with Gasteiger partial charge in [0.1, 0.15) is 11.6 Å². The van der Waals surface area contributed by atoms with Gasteiger partial charge in [-0.25, -0.2) is 10.8 Å². The van der Waals surface area contributed by atoms with Crippen LogP contribution in [0.2, 0.25) is 0 Å². The molecule has 0 aliphatic rings. The highest BCUT2D eigenvalue weighted by Crippen LogP contribution is 2.32. The van der Waals surface area contributed by atoms with Crippen LogP contribution in [-0.2, 0) is 6.18 Å². The van der Waals surface area contributed by atoms with Crippen LogP contribution in [0.1, 0.15) is 11.1 Å². The van der Waals surface area contributed by atoms with Crippen LogP contribution in [0.5, 0.6) is 0 Å². The van der Waals surface area contributed by atoms with Crippen molar-refractivity contribution < 1.29 is 13.2 Å². The standard InChI is InChI=1S/C13H12BrF3N4/c1-7-4-9(2-3-10(7)14)19-11-5-8(13(15,16)17)6-12(20-11)21-18/h2-6H,18H2,1H3,(H2,19,20,21). The molecule has 0 atom stereocenters. The third-order valence-corrected chi connectivity index (χ3v) is 3.62. The van der Waals surface area contributed by atoms with Gasteiger partial charge in [0, 0.05) is 10.2 Å². The van der Waals surface area contributed by atoms with E-state index in [1.165, 1.54) is 0 Å². The van der Waals surface area contributed by atoms with Gasteiger partial charge in [0.25, 0.3) is 0 Å². The zero-order valence-corrected chi connectivity index (χ0v) is 12.5. The Labute approximate surface area is 127 Å². The molecule has 8 heteroatoms. The summed E-state index contributed by atoms with van der Waals surface area (Å²) in [6, 6.07) is 7.10. The van der Waals surface area contributed by atoms with Gasteiger partial charge >= 0.3 is 6.18 Å². The van der Waals surface area contributed by atoms with Crippen LogP contribution in [0, 0.1) is 6.92 Å². The van der Waals surface area contributed by atoms with Crippen molar-refractivity contribution in [1.82, 2.24) is 4.98 Å². The maximum atomic E-state index is 12.8. The molecule has 0 fully saturated rings. The van der Waals surface area contributed by atoms with Gasteiger partial charge in [0.05, 0.1) is 5.56 Å². The molecule has 0 radical (unpaired) electrons. The number of alkyl halides is 3. The van der Waals surface area contributed by atoms with E-state index in [0.29, 0.717) is 5.69 Å². The van der Waals surface area contributed by atoms with Crippen molar-refractivity contribution in [3.05, 3.63) is 45.9 Å². The number of hydrogen-bond acceptors (Lipinski definition) is 4. The lowest BCUT2D eigenvalue weighted by Gasteiger charge is -2.13. The summed E-state index contributed by atoms with van der Waals surface area (Å²) >= 11 is 3.36. The molecule has 0 amide bonds. The molecule has 2 rings (SSSR count). The van der Waals surface area contributed by atoms with E-state index in [9.17, 15) is 13.2 Å². The molecule has 0 aliphatic heterocycles. The Morgan fingerprint density at radius 2 is 1.81 bits per heavy atom. The molecule has 0 aliphatic carbocycles. The molecule has 4 N–H and O–H groups in total. The van der Waals surface area contributed by atoms with Gasteiger partial charge in [-0.15, -0.1) is 0 Å². The molecule has 1 aromatic carbocycles. The molecule has 21 heavy (non-hydrogen) atoms. The second-order valence-corrected chi connectivity index (χ2v) is 5.21. The van der Waals surface area contributed by atoms with E-state index < -0.39 is 11.7 Å². The zero-order valence-electron chi connectivity index (χ0n) is 10.9. The average Bonchev–Trinajstić information content (AvgIpc) is 2.41.